The predicted molar refractivity (Wildman–Crippen MR) is 122 cm³/mol. The van der Waals surface area contributed by atoms with Crippen molar-refractivity contribution >= 4 is 28.6 Å². The molecule has 168 valence electrons. The van der Waals surface area contributed by atoms with Gasteiger partial charge in [0.05, 0.1) is 5.52 Å². The number of aromatic nitrogens is 2. The SMILES string of the molecule is CN(C)c1nc(N[C@H]2CC[C@@H](CNC(=O)c3ccc(F)c(F)c3)CC2)nc2ccccc12. The molecule has 1 aliphatic carbocycles. The molecule has 1 heterocycles. The van der Waals surface area contributed by atoms with Crippen LogP contribution < -0.4 is 15.5 Å². The van der Waals surface area contributed by atoms with E-state index in [9.17, 15) is 13.6 Å². The first kappa shape index (κ1) is 21.9. The molecule has 1 amide bonds. The normalized spacial score (nSPS) is 18.4. The van der Waals surface area contributed by atoms with E-state index < -0.39 is 11.6 Å². The number of benzene rings is 2. The van der Waals surface area contributed by atoms with Crippen molar-refractivity contribution in [2.24, 2.45) is 5.92 Å². The summed E-state index contributed by atoms with van der Waals surface area (Å²) in [7, 11) is 3.94. The second-order valence-corrected chi connectivity index (χ2v) is 8.48. The number of carbonyl (C=O) groups excluding carboxylic acids is 1. The van der Waals surface area contributed by atoms with E-state index in [0.717, 1.165) is 54.5 Å². The summed E-state index contributed by atoms with van der Waals surface area (Å²) >= 11 is 0. The molecule has 0 aliphatic heterocycles. The highest BCUT2D eigenvalue weighted by Gasteiger charge is 2.23. The third-order valence-corrected chi connectivity index (χ3v) is 5.92. The quantitative estimate of drug-likeness (QED) is 0.597. The number of hydrogen-bond acceptors (Lipinski definition) is 5. The topological polar surface area (TPSA) is 70.2 Å². The van der Waals surface area contributed by atoms with Crippen molar-refractivity contribution < 1.29 is 13.6 Å². The molecule has 0 radical (unpaired) electrons. The zero-order valence-electron chi connectivity index (χ0n) is 18.2. The first-order valence-corrected chi connectivity index (χ1v) is 10.8. The van der Waals surface area contributed by atoms with Crippen molar-refractivity contribution in [1.29, 1.82) is 0 Å². The molecule has 1 aliphatic rings. The lowest BCUT2D eigenvalue weighted by Gasteiger charge is -2.29. The number of rotatable bonds is 6. The second-order valence-electron chi connectivity index (χ2n) is 8.48. The molecular formula is C24H27F2N5O. The number of amides is 1. The Morgan fingerprint density at radius 3 is 2.50 bits per heavy atom. The fourth-order valence-electron chi connectivity index (χ4n) is 4.14. The van der Waals surface area contributed by atoms with E-state index in [2.05, 4.69) is 15.6 Å². The smallest absolute Gasteiger partial charge is 0.251 e. The minimum atomic E-state index is -1.02. The Labute approximate surface area is 186 Å². The standard InChI is InChI=1S/C24H27F2N5O/c1-31(2)22-18-5-3-4-6-21(18)29-24(30-22)28-17-10-7-15(8-11-17)14-27-23(32)16-9-12-19(25)20(26)13-16/h3-6,9,12-13,15,17H,7-8,10-11,14H2,1-2H3,(H,27,32)(H,28,29,30)/t15-,17+. The molecule has 4 rings (SSSR count). The van der Waals surface area contributed by atoms with Crippen molar-refractivity contribution in [3.8, 4) is 0 Å². The van der Waals surface area contributed by atoms with Gasteiger partial charge in [-0.05, 0) is 61.9 Å². The molecule has 0 spiro atoms. The summed E-state index contributed by atoms with van der Waals surface area (Å²) in [5, 5.41) is 7.34. The third kappa shape index (κ3) is 4.95. The number of carbonyl (C=O) groups is 1. The van der Waals surface area contributed by atoms with Crippen molar-refractivity contribution in [2.75, 3.05) is 30.9 Å². The van der Waals surface area contributed by atoms with Gasteiger partial charge in [0.2, 0.25) is 5.95 Å². The number of nitrogens with one attached hydrogen (secondary N) is 2. The fraction of sp³-hybridized carbons (Fsp3) is 0.375. The molecule has 0 atom stereocenters. The van der Waals surface area contributed by atoms with Gasteiger partial charge in [-0.1, -0.05) is 12.1 Å². The molecule has 2 aromatic carbocycles. The van der Waals surface area contributed by atoms with Gasteiger partial charge < -0.3 is 15.5 Å². The summed E-state index contributed by atoms with van der Waals surface area (Å²) in [6.45, 7) is 0.516. The largest absolute Gasteiger partial charge is 0.362 e. The summed E-state index contributed by atoms with van der Waals surface area (Å²) in [5.41, 5.74) is 1.03. The maximum Gasteiger partial charge on any atom is 0.251 e. The van der Waals surface area contributed by atoms with Crippen LogP contribution in [0, 0.1) is 17.6 Å². The fourth-order valence-corrected chi connectivity index (χ4v) is 4.14. The van der Waals surface area contributed by atoms with Crippen LogP contribution in [-0.4, -0.2) is 42.6 Å². The maximum atomic E-state index is 13.3. The monoisotopic (exact) mass is 439 g/mol. The highest BCUT2D eigenvalue weighted by molar-refractivity contribution is 5.94. The van der Waals surface area contributed by atoms with Crippen LogP contribution >= 0.6 is 0 Å². The van der Waals surface area contributed by atoms with Gasteiger partial charge in [0.1, 0.15) is 5.82 Å². The van der Waals surface area contributed by atoms with Crippen LogP contribution in [0.4, 0.5) is 20.5 Å². The Balaban J connectivity index is 1.31. The lowest BCUT2D eigenvalue weighted by molar-refractivity contribution is 0.0942. The second kappa shape index (κ2) is 9.46. The number of fused-ring (bicyclic) bond motifs is 1. The van der Waals surface area contributed by atoms with E-state index in [1.54, 1.807) is 0 Å². The molecule has 1 saturated carbocycles. The molecule has 8 heteroatoms. The predicted octanol–water partition coefficient (Wildman–Crippen LogP) is 4.37. The van der Waals surface area contributed by atoms with Crippen LogP contribution in [-0.2, 0) is 0 Å². The highest BCUT2D eigenvalue weighted by atomic mass is 19.2. The van der Waals surface area contributed by atoms with Gasteiger partial charge in [-0.3, -0.25) is 4.79 Å². The Hall–Kier alpha value is -3.29. The first-order chi connectivity index (χ1) is 15.4. The number of nitrogens with zero attached hydrogens (tertiary/aromatic N) is 3. The lowest BCUT2D eigenvalue weighted by Crippen LogP contribution is -2.34. The summed E-state index contributed by atoms with van der Waals surface area (Å²) in [6, 6.07) is 11.4. The van der Waals surface area contributed by atoms with E-state index >= 15 is 0 Å². The Morgan fingerprint density at radius 2 is 1.78 bits per heavy atom. The Morgan fingerprint density at radius 1 is 1.03 bits per heavy atom. The summed E-state index contributed by atoms with van der Waals surface area (Å²) in [5.74, 6) is -0.505. The minimum Gasteiger partial charge on any atom is -0.362 e. The van der Waals surface area contributed by atoms with E-state index in [0.29, 0.717) is 18.4 Å². The van der Waals surface area contributed by atoms with E-state index in [1.807, 2.05) is 43.3 Å². The van der Waals surface area contributed by atoms with E-state index in [-0.39, 0.29) is 17.5 Å². The van der Waals surface area contributed by atoms with Gasteiger partial charge in [-0.15, -0.1) is 0 Å². The lowest BCUT2D eigenvalue weighted by atomic mass is 9.86. The van der Waals surface area contributed by atoms with Crippen LogP contribution in [0.15, 0.2) is 42.5 Å². The maximum absolute atomic E-state index is 13.3. The summed E-state index contributed by atoms with van der Waals surface area (Å²) in [4.78, 5) is 23.6. The number of para-hydroxylation sites is 1. The number of anilines is 2. The van der Waals surface area contributed by atoms with Gasteiger partial charge in [-0.25, -0.2) is 13.8 Å². The molecule has 3 aromatic rings. The van der Waals surface area contributed by atoms with Gasteiger partial charge in [0.25, 0.3) is 5.91 Å². The van der Waals surface area contributed by atoms with Crippen molar-refractivity contribution in [2.45, 2.75) is 31.7 Å². The zero-order valence-corrected chi connectivity index (χ0v) is 18.2. The molecule has 2 N–H and O–H groups in total. The average Bonchev–Trinajstić information content (AvgIpc) is 2.79. The first-order valence-electron chi connectivity index (χ1n) is 10.8. The van der Waals surface area contributed by atoms with E-state index in [1.165, 1.54) is 6.07 Å². The molecule has 6 nitrogen and oxygen atoms in total. The van der Waals surface area contributed by atoms with Gasteiger partial charge in [0.15, 0.2) is 11.6 Å². The molecule has 1 aromatic heterocycles. The number of halogens is 2. The highest BCUT2D eigenvalue weighted by Crippen LogP contribution is 2.28. The molecule has 32 heavy (non-hydrogen) atoms. The summed E-state index contributed by atoms with van der Waals surface area (Å²) in [6.07, 6.45) is 3.78. The zero-order chi connectivity index (χ0) is 22.7. The average molecular weight is 440 g/mol. The van der Waals surface area contributed by atoms with E-state index in [4.69, 9.17) is 4.98 Å². The van der Waals surface area contributed by atoms with Crippen molar-refractivity contribution in [1.82, 2.24) is 15.3 Å². The summed E-state index contributed by atoms with van der Waals surface area (Å²) < 4.78 is 26.4. The van der Waals surface area contributed by atoms with Crippen molar-refractivity contribution in [3.05, 3.63) is 59.7 Å². The molecule has 0 bridgehead atoms. The van der Waals surface area contributed by atoms with Gasteiger partial charge in [0, 0.05) is 37.6 Å². The van der Waals surface area contributed by atoms with Crippen LogP contribution in [0.3, 0.4) is 0 Å². The molecule has 0 saturated heterocycles. The third-order valence-electron chi connectivity index (χ3n) is 5.92. The minimum absolute atomic E-state index is 0.129. The molecular weight excluding hydrogens is 412 g/mol. The van der Waals surface area contributed by atoms with Crippen LogP contribution in [0.25, 0.3) is 10.9 Å². The van der Waals surface area contributed by atoms with Crippen LogP contribution in [0.2, 0.25) is 0 Å². The van der Waals surface area contributed by atoms with Crippen LogP contribution in [0.5, 0.6) is 0 Å². The van der Waals surface area contributed by atoms with Gasteiger partial charge >= 0.3 is 0 Å². The molecule has 0 unspecified atom stereocenters. The Kier molecular flexibility index (Phi) is 6.48. The van der Waals surface area contributed by atoms with Crippen LogP contribution in [0.1, 0.15) is 36.0 Å². The van der Waals surface area contributed by atoms with Gasteiger partial charge in [-0.2, -0.15) is 4.98 Å². The number of hydrogen-bond donors (Lipinski definition) is 2. The Bertz CT molecular complexity index is 1110. The van der Waals surface area contributed by atoms with Crippen molar-refractivity contribution in [3.63, 3.8) is 0 Å². The molecule has 1 fully saturated rings.